The Morgan fingerprint density at radius 3 is 1.08 bits per heavy atom. The second-order valence-corrected chi connectivity index (χ2v) is 4.82. The predicted molar refractivity (Wildman–Crippen MR) is 52.8 cm³/mol. The number of rotatable bonds is 0. The van der Waals surface area contributed by atoms with Crippen LogP contribution in [0.5, 0.6) is 0 Å². The average Bonchev–Trinajstić information content (AvgIpc) is 2.56. The molecule has 2 aliphatic rings. The molecule has 67 valence electrons. The summed E-state index contributed by atoms with van der Waals surface area (Å²) in [7, 11) is 5.47. The molecule has 0 nitrogen and oxygen atoms in total. The van der Waals surface area contributed by atoms with Gasteiger partial charge in [0.15, 0.2) is 0 Å². The molecule has 0 N–H and O–H groups in total. The van der Waals surface area contributed by atoms with Crippen LogP contribution in [-0.4, -0.2) is 7.85 Å². The maximum Gasteiger partial charge on any atom is 0.0742 e. The van der Waals surface area contributed by atoms with Gasteiger partial charge in [-0.05, 0) is 18.3 Å². The van der Waals surface area contributed by atoms with Gasteiger partial charge in [-0.2, -0.15) is 0 Å². The zero-order valence-corrected chi connectivity index (χ0v) is 11.8. The van der Waals surface area contributed by atoms with Crippen LogP contribution in [0.1, 0.15) is 46.5 Å². The summed E-state index contributed by atoms with van der Waals surface area (Å²) in [6.07, 6.45) is 5.36. The summed E-state index contributed by atoms with van der Waals surface area (Å²) < 4.78 is 0. The zero-order chi connectivity index (χ0) is 7.83. The van der Waals surface area contributed by atoms with E-state index in [-0.39, 0.29) is 45.5 Å². The van der Waals surface area contributed by atoms with Gasteiger partial charge in [-0.1, -0.05) is 38.9 Å². The standard InChI is InChI=1S/C5H10.C4H7B.CH3.Y/c1-5(2)3-4-5;1-4(5)2-3-4;;/h3-4H2,1-2H3;2-3H2,1H3;1H3;/q;;-1;. The first-order valence-corrected chi connectivity index (χ1v) is 4.20. The van der Waals surface area contributed by atoms with Crippen molar-refractivity contribution in [3.63, 3.8) is 0 Å². The Bertz CT molecular complexity index is 102. The third-order valence-corrected chi connectivity index (χ3v) is 2.29. The van der Waals surface area contributed by atoms with E-state index in [2.05, 4.69) is 20.8 Å². The molecular formula is C10H20BY-. The van der Waals surface area contributed by atoms with Crippen LogP contribution in [-0.2, 0) is 32.7 Å². The first-order valence-electron chi connectivity index (χ1n) is 4.20. The Labute approximate surface area is 105 Å². The Hall–Kier alpha value is 1.17. The Kier molecular flexibility index (Phi) is 6.71. The van der Waals surface area contributed by atoms with Gasteiger partial charge in [0.2, 0.25) is 0 Å². The van der Waals surface area contributed by atoms with Crippen LogP contribution in [0.25, 0.3) is 0 Å². The van der Waals surface area contributed by atoms with Crippen molar-refractivity contribution in [2.75, 3.05) is 0 Å². The van der Waals surface area contributed by atoms with E-state index in [0.29, 0.717) is 0 Å². The van der Waals surface area contributed by atoms with E-state index in [4.69, 9.17) is 7.85 Å². The van der Waals surface area contributed by atoms with Crippen LogP contribution in [0, 0.1) is 12.8 Å². The molecular weight excluding hydrogens is 220 g/mol. The Balaban J connectivity index is 0. The fourth-order valence-electron chi connectivity index (χ4n) is 0.447. The summed E-state index contributed by atoms with van der Waals surface area (Å²) in [5, 5.41) is 0.250. The molecule has 2 heteroatoms. The van der Waals surface area contributed by atoms with Gasteiger partial charge in [0.25, 0.3) is 0 Å². The van der Waals surface area contributed by atoms with Gasteiger partial charge >= 0.3 is 0 Å². The van der Waals surface area contributed by atoms with Gasteiger partial charge < -0.3 is 7.43 Å². The van der Waals surface area contributed by atoms with Crippen molar-refractivity contribution in [3.05, 3.63) is 7.43 Å². The van der Waals surface area contributed by atoms with E-state index in [0.717, 1.165) is 5.41 Å². The van der Waals surface area contributed by atoms with Crippen molar-refractivity contribution in [3.8, 4) is 0 Å². The minimum Gasteiger partial charge on any atom is -0.358 e. The maximum atomic E-state index is 5.47. The predicted octanol–water partition coefficient (Wildman–Crippen LogP) is 3.38. The molecule has 0 aromatic carbocycles. The molecule has 0 aromatic heterocycles. The molecule has 0 amide bonds. The largest absolute Gasteiger partial charge is 0.358 e. The van der Waals surface area contributed by atoms with Crippen LogP contribution in [0.2, 0.25) is 5.31 Å². The second kappa shape index (κ2) is 5.15. The Morgan fingerprint density at radius 1 is 0.917 bits per heavy atom. The molecule has 2 saturated carbocycles. The van der Waals surface area contributed by atoms with Gasteiger partial charge in [-0.15, -0.1) is 0 Å². The smallest absolute Gasteiger partial charge is 0.0742 e. The monoisotopic (exact) mass is 240 g/mol. The molecule has 0 aliphatic heterocycles. The molecule has 0 aromatic rings. The third-order valence-electron chi connectivity index (χ3n) is 2.29. The molecule has 2 fully saturated rings. The van der Waals surface area contributed by atoms with E-state index < -0.39 is 0 Å². The molecule has 3 radical (unpaired) electrons. The molecule has 0 unspecified atom stereocenters. The van der Waals surface area contributed by atoms with E-state index in [1.165, 1.54) is 25.7 Å². The van der Waals surface area contributed by atoms with Gasteiger partial charge in [-0.25, -0.2) is 0 Å². The van der Waals surface area contributed by atoms with Crippen molar-refractivity contribution < 1.29 is 32.7 Å². The average molecular weight is 240 g/mol. The molecule has 0 saturated heterocycles. The summed E-state index contributed by atoms with van der Waals surface area (Å²) >= 11 is 0. The summed E-state index contributed by atoms with van der Waals surface area (Å²) in [4.78, 5) is 0. The summed E-state index contributed by atoms with van der Waals surface area (Å²) in [5.41, 5.74) is 0.750. The van der Waals surface area contributed by atoms with Crippen molar-refractivity contribution in [1.29, 1.82) is 0 Å². The first kappa shape index (κ1) is 15.6. The fraction of sp³-hybridized carbons (Fsp3) is 0.900. The van der Waals surface area contributed by atoms with E-state index in [1.54, 1.807) is 0 Å². The van der Waals surface area contributed by atoms with Crippen molar-refractivity contribution in [2.45, 2.75) is 51.8 Å². The maximum absolute atomic E-state index is 5.47. The molecule has 2 rings (SSSR count). The normalized spacial score (nSPS) is 24.9. The van der Waals surface area contributed by atoms with Crippen molar-refractivity contribution >= 4 is 7.85 Å². The van der Waals surface area contributed by atoms with Crippen LogP contribution in [0.3, 0.4) is 0 Å². The summed E-state index contributed by atoms with van der Waals surface area (Å²) in [6.45, 7) is 6.67. The molecule has 2 aliphatic carbocycles. The van der Waals surface area contributed by atoms with Gasteiger partial charge in [0.1, 0.15) is 0 Å². The quantitative estimate of drug-likeness (QED) is 0.449. The van der Waals surface area contributed by atoms with Crippen LogP contribution in [0.4, 0.5) is 0 Å². The molecule has 0 spiro atoms. The first-order chi connectivity index (χ1) is 4.41. The van der Waals surface area contributed by atoms with Gasteiger partial charge in [-0.3, -0.25) is 0 Å². The molecule has 0 atom stereocenters. The fourth-order valence-corrected chi connectivity index (χ4v) is 0.447. The van der Waals surface area contributed by atoms with Crippen LogP contribution in [0.15, 0.2) is 0 Å². The number of hydrogen-bond acceptors (Lipinski definition) is 0. The van der Waals surface area contributed by atoms with Gasteiger partial charge in [0, 0.05) is 32.7 Å². The SMILES string of the molecule is CC1(C)CC1.[B]C1(C)CC1.[CH3-].[Y]. The van der Waals surface area contributed by atoms with Crippen LogP contribution < -0.4 is 0 Å². The minimum absolute atomic E-state index is 0. The van der Waals surface area contributed by atoms with E-state index in [1.807, 2.05) is 0 Å². The van der Waals surface area contributed by atoms with Crippen LogP contribution >= 0.6 is 0 Å². The van der Waals surface area contributed by atoms with E-state index in [9.17, 15) is 0 Å². The Morgan fingerprint density at radius 2 is 1.08 bits per heavy atom. The zero-order valence-electron chi connectivity index (χ0n) is 8.98. The van der Waals surface area contributed by atoms with Crippen molar-refractivity contribution in [1.82, 2.24) is 0 Å². The molecule has 0 bridgehead atoms. The topological polar surface area (TPSA) is 0 Å². The summed E-state index contributed by atoms with van der Waals surface area (Å²) in [6, 6.07) is 0. The second-order valence-electron chi connectivity index (χ2n) is 4.82. The van der Waals surface area contributed by atoms with E-state index >= 15 is 0 Å². The third kappa shape index (κ3) is 9.26. The number of hydrogen-bond donors (Lipinski definition) is 0. The molecule has 0 heterocycles. The minimum atomic E-state index is 0. The summed E-state index contributed by atoms with van der Waals surface area (Å²) in [5.74, 6) is 0. The molecule has 12 heavy (non-hydrogen) atoms. The van der Waals surface area contributed by atoms with Crippen molar-refractivity contribution in [2.24, 2.45) is 5.41 Å². The van der Waals surface area contributed by atoms with Gasteiger partial charge in [0.05, 0.1) is 7.85 Å².